The minimum Gasteiger partial charge on any atom is -0.236 e. The summed E-state index contributed by atoms with van der Waals surface area (Å²) >= 11 is 7.31. The zero-order valence-electron chi connectivity index (χ0n) is 7.48. The van der Waals surface area contributed by atoms with E-state index in [1.807, 2.05) is 24.3 Å². The summed E-state index contributed by atoms with van der Waals surface area (Å²) in [6.45, 7) is 0. The fourth-order valence-electron chi connectivity index (χ4n) is 1.23. The molecule has 2 nitrogen and oxygen atoms in total. The molecule has 0 radical (unpaired) electrons. The van der Waals surface area contributed by atoms with Gasteiger partial charge in [0, 0.05) is 17.0 Å². The highest BCUT2D eigenvalue weighted by Gasteiger charge is 2.02. The van der Waals surface area contributed by atoms with Gasteiger partial charge in [-0.2, -0.15) is 0 Å². The molecule has 0 unspecified atom stereocenters. The molecule has 0 atom stereocenters. The SMILES string of the molecule is ClCCSc1ncnc2ccccc12. The number of rotatable bonds is 3. The van der Waals surface area contributed by atoms with Crippen molar-refractivity contribution in [2.24, 2.45) is 0 Å². The molecule has 0 aliphatic heterocycles. The van der Waals surface area contributed by atoms with Crippen LogP contribution in [0.2, 0.25) is 0 Å². The first kappa shape index (κ1) is 9.74. The Morgan fingerprint density at radius 1 is 1.21 bits per heavy atom. The Kier molecular flexibility index (Phi) is 3.22. The molecule has 2 aromatic rings. The van der Waals surface area contributed by atoms with Crippen LogP contribution in [-0.4, -0.2) is 21.6 Å². The minimum atomic E-state index is 0.642. The van der Waals surface area contributed by atoms with Gasteiger partial charge in [0.05, 0.1) is 5.52 Å². The molecule has 14 heavy (non-hydrogen) atoms. The summed E-state index contributed by atoms with van der Waals surface area (Å²) in [6, 6.07) is 8.00. The predicted octanol–water partition coefficient (Wildman–Crippen LogP) is 2.96. The lowest BCUT2D eigenvalue weighted by molar-refractivity contribution is 1.10. The average molecular weight is 225 g/mol. The zero-order valence-corrected chi connectivity index (χ0v) is 9.05. The maximum absolute atomic E-state index is 5.64. The van der Waals surface area contributed by atoms with E-state index in [0.29, 0.717) is 5.88 Å². The van der Waals surface area contributed by atoms with Crippen molar-refractivity contribution in [3.05, 3.63) is 30.6 Å². The van der Waals surface area contributed by atoms with Crippen molar-refractivity contribution < 1.29 is 0 Å². The third-order valence-electron chi connectivity index (χ3n) is 1.82. The quantitative estimate of drug-likeness (QED) is 0.456. The lowest BCUT2D eigenvalue weighted by Gasteiger charge is -2.02. The Labute approximate surface area is 91.7 Å². The van der Waals surface area contributed by atoms with E-state index in [2.05, 4.69) is 9.97 Å². The number of thioether (sulfide) groups is 1. The number of fused-ring (bicyclic) bond motifs is 1. The van der Waals surface area contributed by atoms with Crippen molar-refractivity contribution in [2.75, 3.05) is 11.6 Å². The van der Waals surface area contributed by atoms with Crippen LogP contribution in [0.25, 0.3) is 10.9 Å². The molecule has 2 rings (SSSR count). The van der Waals surface area contributed by atoms with Gasteiger partial charge in [0.15, 0.2) is 0 Å². The number of hydrogen-bond donors (Lipinski definition) is 0. The van der Waals surface area contributed by atoms with Crippen LogP contribution in [0.5, 0.6) is 0 Å². The van der Waals surface area contributed by atoms with Gasteiger partial charge in [0.25, 0.3) is 0 Å². The van der Waals surface area contributed by atoms with Crippen molar-refractivity contribution in [3.63, 3.8) is 0 Å². The Balaban J connectivity index is 2.43. The number of hydrogen-bond acceptors (Lipinski definition) is 3. The van der Waals surface area contributed by atoms with Crippen molar-refractivity contribution in [1.29, 1.82) is 0 Å². The molecular weight excluding hydrogens is 216 g/mol. The van der Waals surface area contributed by atoms with Gasteiger partial charge in [-0.05, 0) is 6.07 Å². The molecule has 72 valence electrons. The number of benzene rings is 1. The molecule has 1 aromatic carbocycles. The zero-order chi connectivity index (χ0) is 9.80. The third kappa shape index (κ3) is 1.99. The van der Waals surface area contributed by atoms with Gasteiger partial charge in [0.1, 0.15) is 11.4 Å². The molecule has 0 saturated carbocycles. The molecule has 0 bridgehead atoms. The molecule has 0 saturated heterocycles. The van der Waals surface area contributed by atoms with E-state index in [1.54, 1.807) is 18.1 Å². The number of aromatic nitrogens is 2. The van der Waals surface area contributed by atoms with Gasteiger partial charge in [-0.1, -0.05) is 18.2 Å². The fraction of sp³-hybridized carbons (Fsp3) is 0.200. The summed E-state index contributed by atoms with van der Waals surface area (Å²) in [7, 11) is 0. The highest BCUT2D eigenvalue weighted by molar-refractivity contribution is 7.99. The molecule has 0 aliphatic rings. The summed E-state index contributed by atoms with van der Waals surface area (Å²) in [5.74, 6) is 1.52. The van der Waals surface area contributed by atoms with Crippen molar-refractivity contribution in [1.82, 2.24) is 9.97 Å². The van der Waals surface area contributed by atoms with E-state index >= 15 is 0 Å². The van der Waals surface area contributed by atoms with Gasteiger partial charge < -0.3 is 0 Å². The van der Waals surface area contributed by atoms with Crippen LogP contribution in [0.1, 0.15) is 0 Å². The summed E-state index contributed by atoms with van der Waals surface area (Å²) in [5, 5.41) is 2.11. The lowest BCUT2D eigenvalue weighted by atomic mass is 10.2. The van der Waals surface area contributed by atoms with Gasteiger partial charge in [-0.15, -0.1) is 23.4 Å². The van der Waals surface area contributed by atoms with Gasteiger partial charge >= 0.3 is 0 Å². The summed E-state index contributed by atoms with van der Waals surface area (Å²) in [6.07, 6.45) is 1.60. The first-order chi connectivity index (χ1) is 6.92. The van der Waals surface area contributed by atoms with E-state index in [0.717, 1.165) is 21.7 Å². The first-order valence-electron chi connectivity index (χ1n) is 4.30. The fourth-order valence-corrected chi connectivity index (χ4v) is 2.18. The second kappa shape index (κ2) is 4.62. The summed E-state index contributed by atoms with van der Waals surface area (Å²) in [4.78, 5) is 8.43. The molecule has 0 fully saturated rings. The third-order valence-corrected chi connectivity index (χ3v) is 3.24. The molecular formula is C10H9ClN2S. The molecule has 1 heterocycles. The Morgan fingerprint density at radius 2 is 2.07 bits per heavy atom. The van der Waals surface area contributed by atoms with E-state index < -0.39 is 0 Å². The lowest BCUT2D eigenvalue weighted by Crippen LogP contribution is -1.88. The molecule has 0 spiro atoms. The first-order valence-corrected chi connectivity index (χ1v) is 5.82. The molecule has 4 heteroatoms. The minimum absolute atomic E-state index is 0.642. The largest absolute Gasteiger partial charge is 0.236 e. The number of halogens is 1. The van der Waals surface area contributed by atoms with Crippen molar-refractivity contribution in [3.8, 4) is 0 Å². The van der Waals surface area contributed by atoms with Crippen molar-refractivity contribution in [2.45, 2.75) is 5.03 Å². The second-order valence-corrected chi connectivity index (χ2v) is 4.20. The number of nitrogens with zero attached hydrogens (tertiary/aromatic N) is 2. The number of para-hydroxylation sites is 1. The molecule has 0 aliphatic carbocycles. The second-order valence-electron chi connectivity index (χ2n) is 2.73. The highest BCUT2D eigenvalue weighted by atomic mass is 35.5. The van der Waals surface area contributed by atoms with Crippen LogP contribution in [-0.2, 0) is 0 Å². The molecule has 0 amide bonds. The van der Waals surface area contributed by atoms with E-state index in [-0.39, 0.29) is 0 Å². The monoisotopic (exact) mass is 224 g/mol. The van der Waals surface area contributed by atoms with Crippen molar-refractivity contribution >= 4 is 34.3 Å². The van der Waals surface area contributed by atoms with Gasteiger partial charge in [0.2, 0.25) is 0 Å². The standard InChI is InChI=1S/C10H9ClN2S/c11-5-6-14-10-8-3-1-2-4-9(8)12-7-13-10/h1-4,7H,5-6H2. The van der Waals surface area contributed by atoms with Gasteiger partial charge in [-0.25, -0.2) is 9.97 Å². The van der Waals surface area contributed by atoms with Gasteiger partial charge in [-0.3, -0.25) is 0 Å². The van der Waals surface area contributed by atoms with Crippen LogP contribution in [0, 0.1) is 0 Å². The topological polar surface area (TPSA) is 25.8 Å². The van der Waals surface area contributed by atoms with Crippen LogP contribution < -0.4 is 0 Å². The van der Waals surface area contributed by atoms with E-state index in [1.165, 1.54) is 0 Å². The van der Waals surface area contributed by atoms with Crippen LogP contribution >= 0.6 is 23.4 Å². The molecule has 0 N–H and O–H groups in total. The Morgan fingerprint density at radius 3 is 2.93 bits per heavy atom. The average Bonchev–Trinajstić information content (AvgIpc) is 2.26. The van der Waals surface area contributed by atoms with Crippen LogP contribution in [0.4, 0.5) is 0 Å². The van der Waals surface area contributed by atoms with Crippen LogP contribution in [0.3, 0.4) is 0 Å². The highest BCUT2D eigenvalue weighted by Crippen LogP contribution is 2.23. The maximum Gasteiger partial charge on any atom is 0.117 e. The summed E-state index contributed by atoms with van der Waals surface area (Å²) in [5.41, 5.74) is 0.986. The molecule has 1 aromatic heterocycles. The van der Waals surface area contributed by atoms with E-state index in [9.17, 15) is 0 Å². The van der Waals surface area contributed by atoms with Crippen LogP contribution in [0.15, 0.2) is 35.6 Å². The summed E-state index contributed by atoms with van der Waals surface area (Å²) < 4.78 is 0. The smallest absolute Gasteiger partial charge is 0.117 e. The van der Waals surface area contributed by atoms with E-state index in [4.69, 9.17) is 11.6 Å². The number of alkyl halides is 1. The predicted molar refractivity (Wildman–Crippen MR) is 61.0 cm³/mol. The Bertz CT molecular complexity index is 428. The Hall–Kier alpha value is -0.800. The normalized spacial score (nSPS) is 10.6. The maximum atomic E-state index is 5.64.